The smallest absolute Gasteiger partial charge is 0.246 e. The second-order valence-electron chi connectivity index (χ2n) is 6.95. The summed E-state index contributed by atoms with van der Waals surface area (Å²) in [6.07, 6.45) is 2.63. The van der Waals surface area contributed by atoms with Crippen molar-refractivity contribution in [2.75, 3.05) is 0 Å². The standard InChI is InChI=1S/C19H21N3O2/c1-10(2)8-15-17-13(12-6-4-5-7-14(12)21-17)9-16-18(23)20-11(3)19(24)22(15)16/h4-8,11,15-16,21H,9H2,1-3H3,(H,20,23)/t11-,15-,16+/m0/s1. The minimum Gasteiger partial charge on any atom is -0.356 e. The number of benzene rings is 1. The maximum Gasteiger partial charge on any atom is 0.246 e. The molecular weight excluding hydrogens is 302 g/mol. The third kappa shape index (κ3) is 2.08. The van der Waals surface area contributed by atoms with Crippen molar-refractivity contribution in [2.24, 2.45) is 0 Å². The van der Waals surface area contributed by atoms with Crippen molar-refractivity contribution in [3.05, 3.63) is 47.2 Å². The Bertz CT molecular complexity index is 876. The number of amides is 2. The molecule has 0 saturated carbocycles. The van der Waals surface area contributed by atoms with E-state index in [1.54, 1.807) is 11.8 Å². The maximum absolute atomic E-state index is 12.8. The zero-order chi connectivity index (χ0) is 17.0. The molecule has 1 saturated heterocycles. The lowest BCUT2D eigenvalue weighted by Gasteiger charge is -2.45. The van der Waals surface area contributed by atoms with Gasteiger partial charge in [0.25, 0.3) is 0 Å². The molecule has 0 radical (unpaired) electrons. The Balaban J connectivity index is 1.95. The Labute approximate surface area is 140 Å². The molecule has 4 rings (SSSR count). The van der Waals surface area contributed by atoms with Gasteiger partial charge in [-0.2, -0.15) is 0 Å². The molecule has 2 N–H and O–H groups in total. The van der Waals surface area contributed by atoms with Gasteiger partial charge in [-0.15, -0.1) is 0 Å². The number of hydrogen-bond acceptors (Lipinski definition) is 2. The molecule has 5 heteroatoms. The van der Waals surface area contributed by atoms with E-state index in [0.717, 1.165) is 27.7 Å². The topological polar surface area (TPSA) is 65.2 Å². The summed E-state index contributed by atoms with van der Waals surface area (Å²) in [6, 6.07) is 6.97. The highest BCUT2D eigenvalue weighted by atomic mass is 16.2. The summed E-state index contributed by atoms with van der Waals surface area (Å²) in [5.41, 5.74) is 4.35. The summed E-state index contributed by atoms with van der Waals surface area (Å²) in [5.74, 6) is -0.0865. The highest BCUT2D eigenvalue weighted by Crippen LogP contribution is 2.39. The first-order chi connectivity index (χ1) is 11.5. The third-order valence-electron chi connectivity index (χ3n) is 4.95. The minimum atomic E-state index is -0.479. The van der Waals surface area contributed by atoms with Crippen LogP contribution in [0.15, 0.2) is 35.9 Å². The van der Waals surface area contributed by atoms with Crippen LogP contribution in [-0.2, 0) is 16.0 Å². The third-order valence-corrected chi connectivity index (χ3v) is 4.95. The average molecular weight is 323 g/mol. The van der Waals surface area contributed by atoms with Crippen molar-refractivity contribution >= 4 is 22.7 Å². The van der Waals surface area contributed by atoms with Crippen LogP contribution in [0.1, 0.15) is 38.1 Å². The molecule has 2 aliphatic heterocycles. The number of rotatable bonds is 1. The summed E-state index contributed by atoms with van der Waals surface area (Å²) in [4.78, 5) is 30.6. The van der Waals surface area contributed by atoms with Crippen LogP contribution in [0.25, 0.3) is 10.9 Å². The number of fused-ring (bicyclic) bond motifs is 4. The van der Waals surface area contributed by atoms with Gasteiger partial charge in [0, 0.05) is 23.0 Å². The molecule has 0 aliphatic carbocycles. The number of aromatic amines is 1. The normalized spacial score (nSPS) is 26.0. The van der Waals surface area contributed by atoms with E-state index >= 15 is 0 Å². The SMILES string of the molecule is CC(C)=C[C@H]1c2[nH]c3ccccc3c2C[C@@H]2C(=O)N[C@@H](C)C(=O)N21. The van der Waals surface area contributed by atoms with Crippen molar-refractivity contribution in [3.63, 3.8) is 0 Å². The number of carbonyl (C=O) groups is 2. The van der Waals surface area contributed by atoms with Gasteiger partial charge in [-0.05, 0) is 32.4 Å². The summed E-state index contributed by atoms with van der Waals surface area (Å²) < 4.78 is 0. The van der Waals surface area contributed by atoms with Gasteiger partial charge in [-0.25, -0.2) is 0 Å². The van der Waals surface area contributed by atoms with Crippen molar-refractivity contribution in [1.82, 2.24) is 15.2 Å². The molecule has 2 aliphatic rings. The predicted molar refractivity (Wildman–Crippen MR) is 92.4 cm³/mol. The monoisotopic (exact) mass is 323 g/mol. The summed E-state index contributed by atoms with van der Waals surface area (Å²) in [7, 11) is 0. The Morgan fingerprint density at radius 1 is 1.25 bits per heavy atom. The van der Waals surface area contributed by atoms with Crippen molar-refractivity contribution < 1.29 is 9.59 Å². The Hall–Kier alpha value is -2.56. The van der Waals surface area contributed by atoms with Crippen LogP contribution in [0, 0.1) is 0 Å². The molecule has 3 atom stereocenters. The van der Waals surface area contributed by atoms with E-state index in [1.807, 2.05) is 32.0 Å². The van der Waals surface area contributed by atoms with Crippen molar-refractivity contribution in [3.8, 4) is 0 Å². The lowest BCUT2D eigenvalue weighted by atomic mass is 9.88. The van der Waals surface area contributed by atoms with Gasteiger partial charge in [0.15, 0.2) is 0 Å². The highest BCUT2D eigenvalue weighted by molar-refractivity contribution is 5.99. The van der Waals surface area contributed by atoms with E-state index in [9.17, 15) is 9.59 Å². The van der Waals surface area contributed by atoms with Gasteiger partial charge in [0.2, 0.25) is 11.8 Å². The van der Waals surface area contributed by atoms with Crippen LogP contribution < -0.4 is 5.32 Å². The number of carbonyl (C=O) groups excluding carboxylic acids is 2. The average Bonchev–Trinajstić information content (AvgIpc) is 2.91. The Morgan fingerprint density at radius 3 is 2.75 bits per heavy atom. The van der Waals surface area contributed by atoms with Gasteiger partial charge in [0.05, 0.1) is 6.04 Å². The molecule has 1 aromatic heterocycles. The summed E-state index contributed by atoms with van der Waals surface area (Å²) in [6.45, 7) is 5.78. The second-order valence-corrected chi connectivity index (χ2v) is 6.95. The molecule has 24 heavy (non-hydrogen) atoms. The van der Waals surface area contributed by atoms with Crippen LogP contribution >= 0.6 is 0 Å². The zero-order valence-corrected chi connectivity index (χ0v) is 14.1. The van der Waals surface area contributed by atoms with E-state index in [1.165, 1.54) is 0 Å². The van der Waals surface area contributed by atoms with Gasteiger partial charge in [-0.1, -0.05) is 29.8 Å². The van der Waals surface area contributed by atoms with Gasteiger partial charge >= 0.3 is 0 Å². The molecule has 2 aromatic rings. The minimum absolute atomic E-state index is 0.0218. The fraction of sp³-hybridized carbons (Fsp3) is 0.368. The number of aromatic nitrogens is 1. The van der Waals surface area contributed by atoms with E-state index in [0.29, 0.717) is 6.42 Å². The molecule has 1 fully saturated rings. The van der Waals surface area contributed by atoms with E-state index in [2.05, 4.69) is 22.4 Å². The molecule has 1 aromatic carbocycles. The van der Waals surface area contributed by atoms with Gasteiger partial charge in [0.1, 0.15) is 12.1 Å². The number of para-hydroxylation sites is 1. The number of nitrogens with zero attached hydrogens (tertiary/aromatic N) is 1. The molecule has 0 bridgehead atoms. The van der Waals surface area contributed by atoms with Crippen LogP contribution in [0.4, 0.5) is 0 Å². The van der Waals surface area contributed by atoms with Crippen molar-refractivity contribution in [2.45, 2.75) is 45.3 Å². The van der Waals surface area contributed by atoms with E-state index in [4.69, 9.17) is 0 Å². The number of hydrogen-bond donors (Lipinski definition) is 2. The number of allylic oxidation sites excluding steroid dienone is 1. The Kier molecular flexibility index (Phi) is 3.27. The molecule has 0 spiro atoms. The second kappa shape index (κ2) is 5.23. The van der Waals surface area contributed by atoms with E-state index < -0.39 is 12.1 Å². The fourth-order valence-corrected chi connectivity index (χ4v) is 3.90. The Morgan fingerprint density at radius 2 is 2.00 bits per heavy atom. The highest BCUT2D eigenvalue weighted by Gasteiger charge is 2.46. The molecule has 0 unspecified atom stereocenters. The number of H-pyrrole nitrogens is 1. The fourth-order valence-electron chi connectivity index (χ4n) is 3.90. The predicted octanol–water partition coefficient (Wildman–Crippen LogP) is 2.45. The number of nitrogens with one attached hydrogen (secondary N) is 2. The zero-order valence-electron chi connectivity index (χ0n) is 14.1. The first-order valence-corrected chi connectivity index (χ1v) is 8.34. The lowest BCUT2D eigenvalue weighted by molar-refractivity contribution is -0.151. The number of piperazine rings is 1. The van der Waals surface area contributed by atoms with Crippen LogP contribution in [0.5, 0.6) is 0 Å². The first-order valence-electron chi connectivity index (χ1n) is 8.34. The lowest BCUT2D eigenvalue weighted by Crippen LogP contribution is -2.64. The summed E-state index contributed by atoms with van der Waals surface area (Å²) in [5, 5.41) is 3.95. The van der Waals surface area contributed by atoms with Gasteiger partial charge < -0.3 is 15.2 Å². The quantitative estimate of drug-likeness (QED) is 0.792. The maximum atomic E-state index is 12.8. The largest absolute Gasteiger partial charge is 0.356 e. The first kappa shape index (κ1) is 15.0. The summed E-state index contributed by atoms with van der Waals surface area (Å²) >= 11 is 0. The molecular formula is C19H21N3O2. The molecule has 2 amide bonds. The van der Waals surface area contributed by atoms with Crippen LogP contribution in [0.2, 0.25) is 0 Å². The van der Waals surface area contributed by atoms with Crippen molar-refractivity contribution in [1.29, 1.82) is 0 Å². The van der Waals surface area contributed by atoms with Crippen LogP contribution in [0.3, 0.4) is 0 Å². The van der Waals surface area contributed by atoms with Crippen LogP contribution in [-0.4, -0.2) is 33.8 Å². The molecule has 3 heterocycles. The molecule has 5 nitrogen and oxygen atoms in total. The van der Waals surface area contributed by atoms with Gasteiger partial charge in [-0.3, -0.25) is 9.59 Å². The van der Waals surface area contributed by atoms with E-state index in [-0.39, 0.29) is 17.9 Å². The molecule has 124 valence electrons.